The van der Waals surface area contributed by atoms with Gasteiger partial charge in [-0.3, -0.25) is 14.7 Å². The average Bonchev–Trinajstić information content (AvgIpc) is 2.81. The summed E-state index contributed by atoms with van der Waals surface area (Å²) in [5.41, 5.74) is 8.44. The molecule has 9 heteroatoms. The number of nitrogens with two attached hydrogens (primary N) is 1. The number of hydrogen-bond donors (Lipinski definition) is 3. The Morgan fingerprint density at radius 2 is 1.91 bits per heavy atom. The second-order valence-electron chi connectivity index (χ2n) is 7.70. The molecule has 1 fully saturated rings. The van der Waals surface area contributed by atoms with Gasteiger partial charge in [0.15, 0.2) is 0 Å². The first kappa shape index (κ1) is 21.2. The molecule has 0 radical (unpaired) electrons. The number of nitrogens with one attached hydrogen (secondary N) is 2. The molecule has 32 heavy (non-hydrogen) atoms. The van der Waals surface area contributed by atoms with Crippen LogP contribution in [0.1, 0.15) is 34.3 Å². The molecule has 0 spiro atoms. The van der Waals surface area contributed by atoms with Gasteiger partial charge in [0.2, 0.25) is 0 Å². The highest BCUT2D eigenvalue weighted by Gasteiger charge is 2.21. The first-order chi connectivity index (χ1) is 15.6. The van der Waals surface area contributed by atoms with E-state index in [2.05, 4.69) is 36.6 Å². The van der Waals surface area contributed by atoms with Crippen molar-refractivity contribution in [3.05, 3.63) is 71.8 Å². The van der Waals surface area contributed by atoms with E-state index in [0.29, 0.717) is 28.5 Å². The van der Waals surface area contributed by atoms with Crippen LogP contribution < -0.4 is 16.4 Å². The highest BCUT2D eigenvalue weighted by molar-refractivity contribution is 5.98. The van der Waals surface area contributed by atoms with Crippen molar-refractivity contribution in [1.29, 1.82) is 5.26 Å². The lowest BCUT2D eigenvalue weighted by atomic mass is 10.0. The van der Waals surface area contributed by atoms with Crippen LogP contribution >= 0.6 is 0 Å². The van der Waals surface area contributed by atoms with Gasteiger partial charge in [-0.1, -0.05) is 12.1 Å². The Morgan fingerprint density at radius 1 is 1.12 bits per heavy atom. The van der Waals surface area contributed by atoms with E-state index in [-0.39, 0.29) is 6.04 Å². The molecule has 1 amide bonds. The molecular weight excluding hydrogens is 404 g/mol. The summed E-state index contributed by atoms with van der Waals surface area (Å²) in [7, 11) is 0. The maximum atomic E-state index is 11.9. The van der Waals surface area contributed by atoms with E-state index >= 15 is 0 Å². The maximum Gasteiger partial charge on any atom is 0.252 e. The number of amides is 1. The molecule has 0 bridgehead atoms. The van der Waals surface area contributed by atoms with E-state index in [1.54, 1.807) is 24.7 Å². The Morgan fingerprint density at radius 3 is 2.56 bits per heavy atom. The SMILES string of the molecule is N#Cc1ccc(CN2CCC(Nc3cc(Nc4cnccn4)ncc3C(N)=O)CC2)cc1. The molecule has 4 N–H and O–H groups in total. The predicted molar refractivity (Wildman–Crippen MR) is 121 cm³/mol. The summed E-state index contributed by atoms with van der Waals surface area (Å²) in [6.45, 7) is 2.71. The Balaban J connectivity index is 1.38. The molecule has 1 aliphatic heterocycles. The third-order valence-corrected chi connectivity index (χ3v) is 5.43. The van der Waals surface area contributed by atoms with Gasteiger partial charge >= 0.3 is 0 Å². The third-order valence-electron chi connectivity index (χ3n) is 5.43. The molecule has 4 rings (SSSR count). The number of nitriles is 1. The molecule has 0 atom stereocenters. The van der Waals surface area contributed by atoms with Crippen LogP contribution in [0.4, 0.5) is 17.3 Å². The highest BCUT2D eigenvalue weighted by Crippen LogP contribution is 2.24. The molecule has 2 aromatic heterocycles. The minimum Gasteiger partial charge on any atom is -0.381 e. The highest BCUT2D eigenvalue weighted by atomic mass is 16.1. The topological polar surface area (TPSA) is 133 Å². The van der Waals surface area contributed by atoms with Gasteiger partial charge < -0.3 is 16.4 Å². The molecule has 1 saturated heterocycles. The van der Waals surface area contributed by atoms with Crippen molar-refractivity contribution in [2.45, 2.75) is 25.4 Å². The van der Waals surface area contributed by atoms with Gasteiger partial charge in [-0.2, -0.15) is 5.26 Å². The molecule has 162 valence electrons. The van der Waals surface area contributed by atoms with Gasteiger partial charge in [0.25, 0.3) is 5.91 Å². The number of primary amides is 1. The van der Waals surface area contributed by atoms with Crippen LogP contribution in [0.15, 0.2) is 55.1 Å². The third kappa shape index (κ3) is 5.36. The summed E-state index contributed by atoms with van der Waals surface area (Å²) in [6.07, 6.45) is 8.12. The van der Waals surface area contributed by atoms with Crippen molar-refractivity contribution in [3.8, 4) is 6.07 Å². The van der Waals surface area contributed by atoms with Crippen LogP contribution in [-0.4, -0.2) is 44.9 Å². The zero-order valence-electron chi connectivity index (χ0n) is 17.5. The predicted octanol–water partition coefficient (Wildman–Crippen LogP) is 2.66. The number of nitrogens with zero attached hydrogens (tertiary/aromatic N) is 5. The van der Waals surface area contributed by atoms with Crippen molar-refractivity contribution in [2.75, 3.05) is 23.7 Å². The number of aromatic nitrogens is 3. The van der Waals surface area contributed by atoms with Gasteiger partial charge in [0.1, 0.15) is 11.6 Å². The summed E-state index contributed by atoms with van der Waals surface area (Å²) in [4.78, 5) is 26.8. The molecule has 0 saturated carbocycles. The van der Waals surface area contributed by atoms with Crippen molar-refractivity contribution < 1.29 is 4.79 Å². The van der Waals surface area contributed by atoms with Crippen molar-refractivity contribution >= 4 is 23.2 Å². The van der Waals surface area contributed by atoms with Crippen molar-refractivity contribution in [2.24, 2.45) is 5.73 Å². The van der Waals surface area contributed by atoms with Crippen LogP contribution in [0.5, 0.6) is 0 Å². The number of likely N-dealkylation sites (tertiary alicyclic amines) is 1. The molecule has 1 aliphatic rings. The van der Waals surface area contributed by atoms with E-state index in [9.17, 15) is 4.79 Å². The summed E-state index contributed by atoms with van der Waals surface area (Å²) in [6, 6.07) is 11.9. The lowest BCUT2D eigenvalue weighted by molar-refractivity contribution is 0.100. The molecule has 0 unspecified atom stereocenters. The fourth-order valence-electron chi connectivity index (χ4n) is 3.73. The van der Waals surface area contributed by atoms with Gasteiger partial charge in [0.05, 0.1) is 29.1 Å². The molecule has 0 aliphatic carbocycles. The quantitative estimate of drug-likeness (QED) is 0.523. The number of anilines is 3. The number of benzene rings is 1. The van der Waals surface area contributed by atoms with Crippen LogP contribution in [0, 0.1) is 11.3 Å². The fraction of sp³-hybridized carbons (Fsp3) is 0.261. The fourth-order valence-corrected chi connectivity index (χ4v) is 3.73. The van der Waals surface area contributed by atoms with Crippen molar-refractivity contribution in [3.63, 3.8) is 0 Å². The van der Waals surface area contributed by atoms with Gasteiger partial charge in [0, 0.05) is 50.3 Å². The van der Waals surface area contributed by atoms with E-state index in [1.807, 2.05) is 24.3 Å². The van der Waals surface area contributed by atoms with Crippen molar-refractivity contribution in [1.82, 2.24) is 19.9 Å². The zero-order chi connectivity index (χ0) is 22.3. The molecule has 3 aromatic rings. The number of rotatable bonds is 7. The second kappa shape index (κ2) is 9.85. The zero-order valence-corrected chi connectivity index (χ0v) is 17.5. The molecular formula is C23H24N8O. The summed E-state index contributed by atoms with van der Waals surface area (Å²) < 4.78 is 0. The first-order valence-corrected chi connectivity index (χ1v) is 10.4. The first-order valence-electron chi connectivity index (χ1n) is 10.4. The lowest BCUT2D eigenvalue weighted by Gasteiger charge is -2.33. The number of pyridine rings is 1. The van der Waals surface area contributed by atoms with Gasteiger partial charge in [-0.25, -0.2) is 9.97 Å². The standard InChI is InChI=1S/C23H24N8O/c24-12-16-1-3-17(4-2-16)15-31-9-5-18(6-10-31)29-20-11-21(28-13-19(20)23(25)32)30-22-14-26-7-8-27-22/h1-4,7-8,11,13-14,18H,5-6,9-10,15H2,(H2,25,32)(H2,27,28,29,30). The number of hydrogen-bond acceptors (Lipinski definition) is 8. The monoisotopic (exact) mass is 428 g/mol. The maximum absolute atomic E-state index is 11.9. The largest absolute Gasteiger partial charge is 0.381 e. The van der Waals surface area contributed by atoms with Gasteiger partial charge in [-0.05, 0) is 30.5 Å². The van der Waals surface area contributed by atoms with E-state index in [4.69, 9.17) is 11.0 Å². The van der Waals surface area contributed by atoms with Gasteiger partial charge in [-0.15, -0.1) is 0 Å². The summed E-state index contributed by atoms with van der Waals surface area (Å²) >= 11 is 0. The molecule has 3 heterocycles. The number of carbonyl (C=O) groups is 1. The number of piperidine rings is 1. The van der Waals surface area contributed by atoms with Crippen LogP contribution in [0.3, 0.4) is 0 Å². The Hall–Kier alpha value is -4.03. The number of carbonyl (C=O) groups excluding carboxylic acids is 1. The Labute approximate surface area is 186 Å². The van der Waals surface area contributed by atoms with E-state index in [0.717, 1.165) is 32.5 Å². The molecule has 9 nitrogen and oxygen atoms in total. The van der Waals surface area contributed by atoms with Crippen LogP contribution in [0.2, 0.25) is 0 Å². The summed E-state index contributed by atoms with van der Waals surface area (Å²) in [5.74, 6) is 0.592. The second-order valence-corrected chi connectivity index (χ2v) is 7.70. The summed E-state index contributed by atoms with van der Waals surface area (Å²) in [5, 5.41) is 15.5. The molecule has 1 aromatic carbocycles. The van der Waals surface area contributed by atoms with E-state index in [1.165, 1.54) is 11.8 Å². The normalized spacial score (nSPS) is 14.5. The average molecular weight is 429 g/mol. The minimum absolute atomic E-state index is 0.220. The van der Waals surface area contributed by atoms with Crippen LogP contribution in [-0.2, 0) is 6.54 Å². The smallest absolute Gasteiger partial charge is 0.252 e. The van der Waals surface area contributed by atoms with E-state index < -0.39 is 5.91 Å². The minimum atomic E-state index is -0.524. The Kier molecular flexibility index (Phi) is 6.53. The lowest BCUT2D eigenvalue weighted by Crippen LogP contribution is -2.39. The van der Waals surface area contributed by atoms with Crippen LogP contribution in [0.25, 0.3) is 0 Å². The Bertz CT molecular complexity index is 1100.